The molecule has 56 valence electrons. The minimum absolute atomic E-state index is 0.308. The molecule has 0 aromatic carbocycles. The summed E-state index contributed by atoms with van der Waals surface area (Å²) < 4.78 is 0. The van der Waals surface area contributed by atoms with E-state index in [1.807, 2.05) is 6.07 Å². The fraction of sp³-hybridized carbons (Fsp3) is 0.500. The van der Waals surface area contributed by atoms with Crippen molar-refractivity contribution >= 4 is 11.3 Å². The maximum atomic E-state index is 9.17. The Kier molecular flexibility index (Phi) is 2.11. The van der Waals surface area contributed by atoms with Gasteiger partial charge in [-0.2, -0.15) is 0 Å². The lowest BCUT2D eigenvalue weighted by Crippen LogP contribution is -1.83. The third-order valence-corrected chi connectivity index (χ3v) is 2.92. The number of aliphatic hydroxyl groups is 1. The number of hydrogen-bond donors (Lipinski definition) is 1. The van der Waals surface area contributed by atoms with Crippen molar-refractivity contribution in [2.24, 2.45) is 0 Å². The molecule has 1 rings (SSSR count). The minimum Gasteiger partial charge on any atom is -0.388 e. The second kappa shape index (κ2) is 2.72. The first-order chi connectivity index (χ1) is 4.61. The molecule has 0 saturated carbocycles. The first-order valence-corrected chi connectivity index (χ1v) is 4.18. The molecule has 1 aromatic rings. The monoisotopic (exact) mass is 156 g/mol. The molecule has 0 amide bonds. The summed E-state index contributed by atoms with van der Waals surface area (Å²) in [5, 5.41) is 9.17. The Morgan fingerprint density at radius 1 is 1.50 bits per heavy atom. The van der Waals surface area contributed by atoms with Gasteiger partial charge < -0.3 is 5.11 Å². The molecule has 10 heavy (non-hydrogen) atoms. The zero-order chi connectivity index (χ0) is 7.72. The fourth-order valence-electron chi connectivity index (χ4n) is 0.808. The van der Waals surface area contributed by atoms with E-state index in [-0.39, 0.29) is 6.10 Å². The first kappa shape index (κ1) is 7.76. The molecule has 0 saturated heterocycles. The standard InChI is InChI=1S/C8H12OS/c1-5-4-8(6(2)9)10-7(5)3/h4,6,9H,1-3H3. The van der Waals surface area contributed by atoms with E-state index in [4.69, 9.17) is 0 Å². The zero-order valence-corrected chi connectivity index (χ0v) is 7.33. The van der Waals surface area contributed by atoms with E-state index < -0.39 is 0 Å². The van der Waals surface area contributed by atoms with Crippen LogP contribution in [0, 0.1) is 13.8 Å². The first-order valence-electron chi connectivity index (χ1n) is 3.36. The lowest BCUT2D eigenvalue weighted by Gasteiger charge is -1.95. The van der Waals surface area contributed by atoms with Gasteiger partial charge in [-0.25, -0.2) is 0 Å². The molecular formula is C8H12OS. The van der Waals surface area contributed by atoms with Crippen LogP contribution in [0.3, 0.4) is 0 Å². The van der Waals surface area contributed by atoms with E-state index >= 15 is 0 Å². The Balaban J connectivity index is 2.98. The summed E-state index contributed by atoms with van der Waals surface area (Å²) in [5.41, 5.74) is 1.28. The molecule has 0 aliphatic rings. The van der Waals surface area contributed by atoms with Crippen molar-refractivity contribution < 1.29 is 5.11 Å². The van der Waals surface area contributed by atoms with Crippen LogP contribution in [-0.4, -0.2) is 5.11 Å². The highest BCUT2D eigenvalue weighted by Crippen LogP contribution is 2.25. The van der Waals surface area contributed by atoms with E-state index in [9.17, 15) is 5.11 Å². The average molecular weight is 156 g/mol. The van der Waals surface area contributed by atoms with Crippen molar-refractivity contribution in [1.29, 1.82) is 0 Å². The number of aryl methyl sites for hydroxylation is 2. The number of hydrogen-bond acceptors (Lipinski definition) is 2. The van der Waals surface area contributed by atoms with Gasteiger partial charge in [-0.1, -0.05) is 0 Å². The van der Waals surface area contributed by atoms with Gasteiger partial charge in [0.05, 0.1) is 6.10 Å². The predicted molar refractivity (Wildman–Crippen MR) is 44.4 cm³/mol. The van der Waals surface area contributed by atoms with Gasteiger partial charge in [-0.15, -0.1) is 11.3 Å². The maximum Gasteiger partial charge on any atom is 0.0854 e. The Morgan fingerprint density at radius 3 is 2.30 bits per heavy atom. The SMILES string of the molecule is Cc1cc(C(C)O)sc1C. The van der Waals surface area contributed by atoms with Crippen molar-refractivity contribution in [3.63, 3.8) is 0 Å². The molecule has 0 aliphatic carbocycles. The molecule has 0 aliphatic heterocycles. The number of thiophene rings is 1. The third kappa shape index (κ3) is 1.39. The summed E-state index contributed by atoms with van der Waals surface area (Å²) in [7, 11) is 0. The molecule has 1 nitrogen and oxygen atoms in total. The van der Waals surface area contributed by atoms with Crippen LogP contribution in [0.25, 0.3) is 0 Å². The normalized spacial score (nSPS) is 13.6. The van der Waals surface area contributed by atoms with Gasteiger partial charge in [-0.05, 0) is 32.4 Å². The van der Waals surface area contributed by atoms with Gasteiger partial charge >= 0.3 is 0 Å². The lowest BCUT2D eigenvalue weighted by atomic mass is 10.2. The zero-order valence-electron chi connectivity index (χ0n) is 6.51. The summed E-state index contributed by atoms with van der Waals surface area (Å²) in [5.74, 6) is 0. The molecule has 0 bridgehead atoms. The van der Waals surface area contributed by atoms with Crippen molar-refractivity contribution in [2.75, 3.05) is 0 Å². The maximum absolute atomic E-state index is 9.17. The van der Waals surface area contributed by atoms with Crippen LogP contribution in [0.15, 0.2) is 6.07 Å². The summed E-state index contributed by atoms with van der Waals surface area (Å²) in [6.45, 7) is 5.94. The summed E-state index contributed by atoms with van der Waals surface area (Å²) in [4.78, 5) is 2.37. The molecule has 1 heterocycles. The lowest BCUT2D eigenvalue weighted by molar-refractivity contribution is 0.203. The Morgan fingerprint density at radius 2 is 2.10 bits per heavy atom. The van der Waals surface area contributed by atoms with Gasteiger partial charge in [0.25, 0.3) is 0 Å². The highest BCUT2D eigenvalue weighted by Gasteiger charge is 2.05. The smallest absolute Gasteiger partial charge is 0.0854 e. The van der Waals surface area contributed by atoms with E-state index in [2.05, 4.69) is 13.8 Å². The van der Waals surface area contributed by atoms with Gasteiger partial charge in [0, 0.05) is 9.75 Å². The van der Waals surface area contributed by atoms with Crippen molar-refractivity contribution in [1.82, 2.24) is 0 Å². The fourth-order valence-corrected chi connectivity index (χ4v) is 1.79. The van der Waals surface area contributed by atoms with Crippen LogP contribution >= 0.6 is 11.3 Å². The van der Waals surface area contributed by atoms with Crippen LogP contribution < -0.4 is 0 Å². The van der Waals surface area contributed by atoms with Crippen molar-refractivity contribution in [2.45, 2.75) is 26.9 Å². The minimum atomic E-state index is -0.308. The van der Waals surface area contributed by atoms with E-state index in [1.54, 1.807) is 18.3 Å². The Hall–Kier alpha value is -0.340. The molecule has 1 N–H and O–H groups in total. The molecule has 1 atom stereocenters. The Bertz CT molecular complexity index is 206. The van der Waals surface area contributed by atoms with E-state index in [0.29, 0.717) is 0 Å². The van der Waals surface area contributed by atoms with Gasteiger partial charge in [0.15, 0.2) is 0 Å². The van der Waals surface area contributed by atoms with Crippen LogP contribution in [0.2, 0.25) is 0 Å². The molecule has 0 radical (unpaired) electrons. The van der Waals surface area contributed by atoms with Gasteiger partial charge in [-0.3, -0.25) is 0 Å². The third-order valence-electron chi connectivity index (χ3n) is 1.60. The van der Waals surface area contributed by atoms with Crippen LogP contribution in [0.1, 0.15) is 28.3 Å². The number of aliphatic hydroxyl groups excluding tert-OH is 1. The molecular weight excluding hydrogens is 144 g/mol. The Labute approximate surface area is 65.3 Å². The molecule has 0 fully saturated rings. The van der Waals surface area contributed by atoms with Crippen LogP contribution in [0.5, 0.6) is 0 Å². The molecule has 0 spiro atoms. The second-order valence-corrected chi connectivity index (χ2v) is 3.85. The average Bonchev–Trinajstić information content (AvgIpc) is 2.13. The summed E-state index contributed by atoms with van der Waals surface area (Å²) >= 11 is 1.67. The van der Waals surface area contributed by atoms with Gasteiger partial charge in [0.2, 0.25) is 0 Å². The molecule has 1 unspecified atom stereocenters. The summed E-state index contributed by atoms with van der Waals surface area (Å²) in [6, 6.07) is 2.05. The van der Waals surface area contributed by atoms with E-state index in [1.165, 1.54) is 10.4 Å². The van der Waals surface area contributed by atoms with Crippen LogP contribution in [-0.2, 0) is 0 Å². The largest absolute Gasteiger partial charge is 0.388 e. The topological polar surface area (TPSA) is 20.2 Å². The number of rotatable bonds is 1. The summed E-state index contributed by atoms with van der Waals surface area (Å²) in [6.07, 6.45) is -0.308. The second-order valence-electron chi connectivity index (χ2n) is 2.56. The van der Waals surface area contributed by atoms with Crippen molar-refractivity contribution in [3.8, 4) is 0 Å². The molecule has 2 heteroatoms. The van der Waals surface area contributed by atoms with E-state index in [0.717, 1.165) is 4.88 Å². The van der Waals surface area contributed by atoms with Crippen molar-refractivity contribution in [3.05, 3.63) is 21.4 Å². The van der Waals surface area contributed by atoms with Gasteiger partial charge in [0.1, 0.15) is 0 Å². The predicted octanol–water partition coefficient (Wildman–Crippen LogP) is 2.42. The highest BCUT2D eigenvalue weighted by atomic mass is 32.1. The highest BCUT2D eigenvalue weighted by molar-refractivity contribution is 7.12. The van der Waals surface area contributed by atoms with Crippen LogP contribution in [0.4, 0.5) is 0 Å². The molecule has 1 aromatic heterocycles. The quantitative estimate of drug-likeness (QED) is 0.662.